The molecule has 0 aromatic carbocycles. The zero-order valence-corrected chi connectivity index (χ0v) is 10.9. The van der Waals surface area contributed by atoms with E-state index in [0.717, 1.165) is 6.08 Å². The molecule has 0 amide bonds. The molecule has 0 saturated carbocycles. The second-order valence-corrected chi connectivity index (χ2v) is 3.69. The molecule has 0 fully saturated rings. The van der Waals surface area contributed by atoms with Crippen LogP contribution in [0.5, 0.6) is 0 Å². The van der Waals surface area contributed by atoms with Crippen molar-refractivity contribution in [3.63, 3.8) is 0 Å². The predicted molar refractivity (Wildman–Crippen MR) is 65.2 cm³/mol. The van der Waals surface area contributed by atoms with Crippen molar-refractivity contribution in [2.24, 2.45) is 0 Å². The summed E-state index contributed by atoms with van der Waals surface area (Å²) in [6, 6.07) is 0. The average molecular weight is 266 g/mol. The van der Waals surface area contributed by atoms with Crippen molar-refractivity contribution in [2.75, 3.05) is 14.2 Å². The van der Waals surface area contributed by atoms with Gasteiger partial charge in [0, 0.05) is 17.2 Å². The third-order valence-electron chi connectivity index (χ3n) is 2.58. The van der Waals surface area contributed by atoms with Crippen LogP contribution in [-0.2, 0) is 23.9 Å². The topological polar surface area (TPSA) is 89.9 Å². The number of carbonyl (C=O) groups is 3. The molecule has 0 aromatic rings. The summed E-state index contributed by atoms with van der Waals surface area (Å²) < 4.78 is 9.66. The number of ether oxygens (including phenoxy) is 2. The Labute approximate surface area is 110 Å². The van der Waals surface area contributed by atoms with Crippen molar-refractivity contribution in [1.82, 2.24) is 0 Å². The van der Waals surface area contributed by atoms with Crippen LogP contribution < -0.4 is 0 Å². The lowest BCUT2D eigenvalue weighted by molar-refractivity contribution is -0.132. The highest BCUT2D eigenvalue weighted by Gasteiger charge is 2.30. The summed E-state index contributed by atoms with van der Waals surface area (Å²) in [5, 5.41) is 8.92. The standard InChI is InChI=1S/C13H14O6/c1-4-7(13(16)17)5-8-6-9(14)11(18-2)12(19-3)10(8)15/h5-6H,4H2,1-3H3,(H,16,17)/b7-5+. The average Bonchev–Trinajstić information content (AvgIpc) is 2.38. The van der Waals surface area contributed by atoms with Crippen LogP contribution in [0.1, 0.15) is 13.3 Å². The van der Waals surface area contributed by atoms with Gasteiger partial charge in [-0.05, 0) is 12.5 Å². The lowest BCUT2D eigenvalue weighted by Gasteiger charge is -2.15. The number of hydrogen-bond acceptors (Lipinski definition) is 5. The van der Waals surface area contributed by atoms with E-state index in [4.69, 9.17) is 14.6 Å². The molecule has 0 heterocycles. The number of aliphatic carboxylic acids is 1. The third-order valence-corrected chi connectivity index (χ3v) is 2.58. The van der Waals surface area contributed by atoms with Crippen LogP contribution >= 0.6 is 0 Å². The zero-order valence-electron chi connectivity index (χ0n) is 10.9. The molecule has 0 aliphatic heterocycles. The molecule has 1 aliphatic rings. The molecule has 0 atom stereocenters. The second kappa shape index (κ2) is 5.99. The van der Waals surface area contributed by atoms with Gasteiger partial charge in [-0.2, -0.15) is 0 Å². The Hall–Kier alpha value is -2.37. The maximum atomic E-state index is 12.0. The van der Waals surface area contributed by atoms with Crippen molar-refractivity contribution >= 4 is 17.5 Å². The number of allylic oxidation sites excluding steroid dienone is 3. The van der Waals surface area contributed by atoms with E-state index in [1.807, 2.05) is 0 Å². The minimum atomic E-state index is -1.14. The lowest BCUT2D eigenvalue weighted by Crippen LogP contribution is -2.21. The number of carboxylic acids is 1. The molecule has 0 aromatic heterocycles. The summed E-state index contributed by atoms with van der Waals surface area (Å²) >= 11 is 0. The molecule has 6 heteroatoms. The van der Waals surface area contributed by atoms with Gasteiger partial charge in [0.25, 0.3) is 0 Å². The van der Waals surface area contributed by atoms with Gasteiger partial charge in [-0.3, -0.25) is 9.59 Å². The van der Waals surface area contributed by atoms with Crippen LogP contribution in [-0.4, -0.2) is 36.9 Å². The van der Waals surface area contributed by atoms with Gasteiger partial charge in [-0.15, -0.1) is 0 Å². The number of carbonyl (C=O) groups excluding carboxylic acids is 2. The molecule has 1 aliphatic carbocycles. The smallest absolute Gasteiger partial charge is 0.331 e. The Balaban J connectivity index is 3.25. The van der Waals surface area contributed by atoms with Crippen molar-refractivity contribution in [3.05, 3.63) is 34.8 Å². The fourth-order valence-corrected chi connectivity index (χ4v) is 1.61. The van der Waals surface area contributed by atoms with Crippen LogP contribution in [0.15, 0.2) is 34.8 Å². The van der Waals surface area contributed by atoms with Gasteiger partial charge in [0.05, 0.1) is 14.2 Å². The van der Waals surface area contributed by atoms with Crippen molar-refractivity contribution in [1.29, 1.82) is 0 Å². The summed E-state index contributed by atoms with van der Waals surface area (Å²) in [4.78, 5) is 34.7. The summed E-state index contributed by atoms with van der Waals surface area (Å²) in [7, 11) is 2.49. The second-order valence-electron chi connectivity index (χ2n) is 3.69. The van der Waals surface area contributed by atoms with Crippen LogP contribution in [0.4, 0.5) is 0 Å². The normalized spacial score (nSPS) is 16.4. The first-order valence-corrected chi connectivity index (χ1v) is 5.53. The summed E-state index contributed by atoms with van der Waals surface area (Å²) in [5.41, 5.74) is 0.00520. The minimum Gasteiger partial charge on any atom is -0.490 e. The number of hydrogen-bond donors (Lipinski definition) is 1. The van der Waals surface area contributed by atoms with Crippen molar-refractivity contribution in [3.8, 4) is 0 Å². The maximum Gasteiger partial charge on any atom is 0.331 e. The van der Waals surface area contributed by atoms with Gasteiger partial charge in [-0.25, -0.2) is 4.79 Å². The lowest BCUT2D eigenvalue weighted by atomic mass is 9.97. The molecule has 19 heavy (non-hydrogen) atoms. The van der Waals surface area contributed by atoms with E-state index in [2.05, 4.69) is 0 Å². The van der Waals surface area contributed by atoms with E-state index in [1.54, 1.807) is 6.92 Å². The highest BCUT2D eigenvalue weighted by molar-refractivity contribution is 6.22. The molecule has 0 unspecified atom stereocenters. The van der Waals surface area contributed by atoms with Crippen LogP contribution in [0.25, 0.3) is 0 Å². The fourth-order valence-electron chi connectivity index (χ4n) is 1.61. The molecule has 1 rings (SSSR count). The predicted octanol–water partition coefficient (Wildman–Crippen LogP) is 0.990. The molecule has 6 nitrogen and oxygen atoms in total. The van der Waals surface area contributed by atoms with Crippen LogP contribution in [0.2, 0.25) is 0 Å². The largest absolute Gasteiger partial charge is 0.490 e. The number of ketones is 2. The van der Waals surface area contributed by atoms with E-state index >= 15 is 0 Å². The van der Waals surface area contributed by atoms with E-state index in [-0.39, 0.29) is 29.1 Å². The molecule has 0 radical (unpaired) electrons. The van der Waals surface area contributed by atoms with Gasteiger partial charge >= 0.3 is 5.97 Å². The maximum absolute atomic E-state index is 12.0. The Bertz CT molecular complexity index is 521. The van der Waals surface area contributed by atoms with Crippen LogP contribution in [0, 0.1) is 0 Å². The molecule has 0 spiro atoms. The number of rotatable bonds is 5. The Morgan fingerprint density at radius 1 is 1.26 bits per heavy atom. The monoisotopic (exact) mass is 266 g/mol. The van der Waals surface area contributed by atoms with Gasteiger partial charge in [0.1, 0.15) is 0 Å². The first kappa shape index (κ1) is 14.7. The Morgan fingerprint density at radius 3 is 2.26 bits per heavy atom. The molecule has 0 bridgehead atoms. The summed E-state index contributed by atoms with van der Waals surface area (Å²) in [6.07, 6.45) is 2.45. The summed E-state index contributed by atoms with van der Waals surface area (Å²) in [5.74, 6) is -2.65. The Morgan fingerprint density at radius 2 is 1.84 bits per heavy atom. The van der Waals surface area contributed by atoms with Crippen molar-refractivity contribution in [2.45, 2.75) is 13.3 Å². The van der Waals surface area contributed by atoms with Gasteiger partial charge < -0.3 is 14.6 Å². The third kappa shape index (κ3) is 2.90. The van der Waals surface area contributed by atoms with E-state index in [9.17, 15) is 14.4 Å². The van der Waals surface area contributed by atoms with Gasteiger partial charge in [0.15, 0.2) is 0 Å². The summed E-state index contributed by atoms with van der Waals surface area (Å²) in [6.45, 7) is 1.64. The number of carboxylic acid groups (broad SMARTS) is 1. The SMILES string of the molecule is CC/C(=C\C1=CC(=O)C(OC)=C(OC)C1=O)C(=O)O. The molecular weight excluding hydrogens is 252 g/mol. The number of methoxy groups -OCH3 is 2. The van der Waals surface area contributed by atoms with E-state index < -0.39 is 17.5 Å². The quantitative estimate of drug-likeness (QED) is 0.589. The molecule has 0 saturated heterocycles. The van der Waals surface area contributed by atoms with Gasteiger partial charge in [0.2, 0.25) is 23.1 Å². The van der Waals surface area contributed by atoms with Crippen molar-refractivity contribution < 1.29 is 29.0 Å². The zero-order chi connectivity index (χ0) is 14.6. The van der Waals surface area contributed by atoms with E-state index in [1.165, 1.54) is 20.3 Å². The first-order chi connectivity index (χ1) is 8.96. The van der Waals surface area contributed by atoms with Gasteiger partial charge in [-0.1, -0.05) is 6.92 Å². The molecule has 102 valence electrons. The number of Topliss-reactive ketones (excluding diaryl/α,β-unsaturated/α-hetero) is 1. The highest BCUT2D eigenvalue weighted by Crippen LogP contribution is 2.22. The van der Waals surface area contributed by atoms with E-state index in [0.29, 0.717) is 0 Å². The minimum absolute atomic E-state index is 0.0260. The first-order valence-electron chi connectivity index (χ1n) is 5.53. The Kier molecular flexibility index (Phi) is 4.63. The highest BCUT2D eigenvalue weighted by atomic mass is 16.5. The van der Waals surface area contributed by atoms with Crippen LogP contribution in [0.3, 0.4) is 0 Å². The molecular formula is C13H14O6. The fraction of sp³-hybridized carbons (Fsp3) is 0.308. The molecule has 1 N–H and O–H groups in total.